The Morgan fingerprint density at radius 3 is 2.80 bits per heavy atom. The molecule has 1 fully saturated rings. The lowest BCUT2D eigenvalue weighted by molar-refractivity contribution is -0.385. The molecule has 2 N–H and O–H groups in total. The van der Waals surface area contributed by atoms with Crippen LogP contribution in [0.3, 0.4) is 0 Å². The molecule has 0 atom stereocenters. The fraction of sp³-hybridized carbons (Fsp3) is 0.462. The van der Waals surface area contributed by atoms with Gasteiger partial charge in [0.25, 0.3) is 11.6 Å². The molecule has 1 aromatic carbocycles. The molecule has 108 valence electrons. The maximum absolute atomic E-state index is 12.1. The quantitative estimate of drug-likeness (QED) is 0.657. The Bertz CT molecular complexity index is 516. The number of nitro groups is 1. The summed E-state index contributed by atoms with van der Waals surface area (Å²) in [6.07, 6.45) is 2.00. The van der Waals surface area contributed by atoms with Gasteiger partial charge in [-0.2, -0.15) is 0 Å². The Kier molecular flexibility index (Phi) is 4.92. The van der Waals surface area contributed by atoms with Crippen LogP contribution in [0.4, 0.5) is 5.69 Å². The van der Waals surface area contributed by atoms with Gasteiger partial charge in [-0.05, 0) is 44.0 Å². The zero-order valence-corrected chi connectivity index (χ0v) is 11.7. The van der Waals surface area contributed by atoms with Crippen molar-refractivity contribution < 1.29 is 9.72 Å². The lowest BCUT2D eigenvalue weighted by Gasteiger charge is -2.22. The normalized spacial score (nSPS) is 15.8. The van der Waals surface area contributed by atoms with E-state index < -0.39 is 10.8 Å². The number of nitrogens with zero attached hydrogens (tertiary/aromatic N) is 1. The van der Waals surface area contributed by atoms with Crippen molar-refractivity contribution in [3.05, 3.63) is 38.9 Å². The van der Waals surface area contributed by atoms with Crippen LogP contribution in [0.25, 0.3) is 0 Å². The number of rotatable bonds is 4. The molecule has 0 unspecified atom stereocenters. The lowest BCUT2D eigenvalue weighted by Crippen LogP contribution is -2.36. The van der Waals surface area contributed by atoms with Crippen molar-refractivity contribution in [2.75, 3.05) is 19.6 Å². The minimum absolute atomic E-state index is 0.0106. The summed E-state index contributed by atoms with van der Waals surface area (Å²) in [5, 5.41) is 17.2. The number of hydrogen-bond donors (Lipinski definition) is 2. The van der Waals surface area contributed by atoms with Gasteiger partial charge in [0, 0.05) is 17.6 Å². The predicted octanol–water partition coefficient (Wildman–Crippen LogP) is 1.98. The van der Waals surface area contributed by atoms with Gasteiger partial charge in [-0.15, -0.1) is 0 Å². The molecule has 1 aliphatic heterocycles. The molecule has 6 nitrogen and oxygen atoms in total. The molecule has 1 amide bonds. The van der Waals surface area contributed by atoms with E-state index in [0.29, 0.717) is 17.5 Å². The van der Waals surface area contributed by atoms with Gasteiger partial charge in [-0.3, -0.25) is 14.9 Å². The summed E-state index contributed by atoms with van der Waals surface area (Å²) in [6, 6.07) is 3.99. The Morgan fingerprint density at radius 1 is 1.45 bits per heavy atom. The van der Waals surface area contributed by atoms with E-state index in [-0.39, 0.29) is 11.3 Å². The molecule has 0 aliphatic carbocycles. The van der Waals surface area contributed by atoms with Crippen LogP contribution < -0.4 is 10.6 Å². The highest BCUT2D eigenvalue weighted by molar-refractivity contribution is 6.31. The number of carbonyl (C=O) groups excluding carboxylic acids is 1. The van der Waals surface area contributed by atoms with Gasteiger partial charge in [0.05, 0.1) is 4.92 Å². The fourth-order valence-electron chi connectivity index (χ4n) is 2.27. The fourth-order valence-corrected chi connectivity index (χ4v) is 2.44. The molecule has 7 heteroatoms. The van der Waals surface area contributed by atoms with Gasteiger partial charge in [-0.25, -0.2) is 0 Å². The van der Waals surface area contributed by atoms with Gasteiger partial charge in [-0.1, -0.05) is 11.6 Å². The topological polar surface area (TPSA) is 84.3 Å². The number of piperidine rings is 1. The molecule has 1 aliphatic rings. The zero-order valence-electron chi connectivity index (χ0n) is 10.9. The molecule has 0 spiro atoms. The van der Waals surface area contributed by atoms with E-state index in [1.54, 1.807) is 0 Å². The van der Waals surface area contributed by atoms with E-state index >= 15 is 0 Å². The van der Waals surface area contributed by atoms with Crippen molar-refractivity contribution in [2.45, 2.75) is 12.8 Å². The van der Waals surface area contributed by atoms with Crippen LogP contribution in [0.2, 0.25) is 5.02 Å². The largest absolute Gasteiger partial charge is 0.352 e. The maximum atomic E-state index is 12.1. The molecule has 1 heterocycles. The molecule has 0 radical (unpaired) electrons. The number of halogens is 1. The maximum Gasteiger partial charge on any atom is 0.282 e. The second-order valence-electron chi connectivity index (χ2n) is 4.82. The van der Waals surface area contributed by atoms with Gasteiger partial charge in [0.2, 0.25) is 0 Å². The van der Waals surface area contributed by atoms with E-state index in [1.165, 1.54) is 18.2 Å². The van der Waals surface area contributed by atoms with Crippen LogP contribution >= 0.6 is 11.6 Å². The molecule has 0 saturated carbocycles. The molecule has 0 bridgehead atoms. The number of nitrogens with one attached hydrogen (secondary N) is 2. The standard InChI is InChI=1S/C13H16ClN3O3/c14-10-1-2-12(17(19)20)11(7-10)13(18)16-8-9-3-5-15-6-4-9/h1-2,7,9,15H,3-6,8H2,(H,16,18). The van der Waals surface area contributed by atoms with Gasteiger partial charge in [0.15, 0.2) is 0 Å². The Balaban J connectivity index is 2.04. The first-order valence-corrected chi connectivity index (χ1v) is 6.88. The van der Waals surface area contributed by atoms with E-state index in [1.807, 2.05) is 0 Å². The third-order valence-electron chi connectivity index (χ3n) is 3.41. The highest BCUT2D eigenvalue weighted by Crippen LogP contribution is 2.22. The van der Waals surface area contributed by atoms with Crippen molar-refractivity contribution in [3.8, 4) is 0 Å². The first-order valence-electron chi connectivity index (χ1n) is 6.51. The Hall–Kier alpha value is -1.66. The summed E-state index contributed by atoms with van der Waals surface area (Å²) < 4.78 is 0. The number of hydrogen-bond acceptors (Lipinski definition) is 4. The first kappa shape index (κ1) is 14.7. The van der Waals surface area contributed by atoms with Crippen molar-refractivity contribution >= 4 is 23.2 Å². The van der Waals surface area contributed by atoms with Crippen molar-refractivity contribution in [1.82, 2.24) is 10.6 Å². The number of amides is 1. The van der Waals surface area contributed by atoms with Crippen molar-refractivity contribution in [2.24, 2.45) is 5.92 Å². The monoisotopic (exact) mass is 297 g/mol. The number of carbonyl (C=O) groups is 1. The minimum atomic E-state index is -0.574. The van der Waals surface area contributed by atoms with Gasteiger partial charge in [0.1, 0.15) is 5.56 Å². The van der Waals surface area contributed by atoms with Crippen molar-refractivity contribution in [3.63, 3.8) is 0 Å². The second kappa shape index (κ2) is 6.67. The smallest absolute Gasteiger partial charge is 0.282 e. The molecule has 2 rings (SSSR count). The molecule has 1 aromatic rings. The average molecular weight is 298 g/mol. The van der Waals surface area contributed by atoms with Crippen LogP contribution in [0, 0.1) is 16.0 Å². The van der Waals surface area contributed by atoms with E-state index in [2.05, 4.69) is 10.6 Å². The van der Waals surface area contributed by atoms with Crippen LogP contribution in [0.1, 0.15) is 23.2 Å². The lowest BCUT2D eigenvalue weighted by atomic mass is 9.98. The summed E-state index contributed by atoms with van der Waals surface area (Å²) in [4.78, 5) is 22.4. The van der Waals surface area contributed by atoms with Crippen LogP contribution in [0.5, 0.6) is 0 Å². The van der Waals surface area contributed by atoms with E-state index in [0.717, 1.165) is 25.9 Å². The van der Waals surface area contributed by atoms with Gasteiger partial charge < -0.3 is 10.6 Å². The molecular weight excluding hydrogens is 282 g/mol. The SMILES string of the molecule is O=C(NCC1CCNCC1)c1cc(Cl)ccc1[N+](=O)[O-]. The average Bonchev–Trinajstić information content (AvgIpc) is 2.45. The highest BCUT2D eigenvalue weighted by atomic mass is 35.5. The van der Waals surface area contributed by atoms with Crippen LogP contribution in [-0.2, 0) is 0 Å². The molecule has 1 saturated heterocycles. The number of benzene rings is 1. The Labute approximate surface area is 121 Å². The minimum Gasteiger partial charge on any atom is -0.352 e. The highest BCUT2D eigenvalue weighted by Gasteiger charge is 2.21. The Morgan fingerprint density at radius 2 is 2.15 bits per heavy atom. The van der Waals surface area contributed by atoms with Crippen LogP contribution in [-0.4, -0.2) is 30.5 Å². The van der Waals surface area contributed by atoms with Crippen LogP contribution in [0.15, 0.2) is 18.2 Å². The third-order valence-corrected chi connectivity index (χ3v) is 3.65. The molecular formula is C13H16ClN3O3. The summed E-state index contributed by atoms with van der Waals surface area (Å²) in [7, 11) is 0. The van der Waals surface area contributed by atoms with Crippen molar-refractivity contribution in [1.29, 1.82) is 0 Å². The summed E-state index contributed by atoms with van der Waals surface area (Å²) in [6.45, 7) is 2.42. The second-order valence-corrected chi connectivity index (χ2v) is 5.26. The number of nitro benzene ring substituents is 1. The van der Waals surface area contributed by atoms with E-state index in [4.69, 9.17) is 11.6 Å². The molecule has 20 heavy (non-hydrogen) atoms. The molecule has 0 aromatic heterocycles. The summed E-state index contributed by atoms with van der Waals surface area (Å²) in [5.41, 5.74) is -0.214. The summed E-state index contributed by atoms with van der Waals surface area (Å²) >= 11 is 5.80. The summed E-state index contributed by atoms with van der Waals surface area (Å²) in [5.74, 6) is -0.0313. The van der Waals surface area contributed by atoms with Gasteiger partial charge >= 0.3 is 0 Å². The first-order chi connectivity index (χ1) is 9.58. The third kappa shape index (κ3) is 3.68. The van der Waals surface area contributed by atoms with E-state index in [9.17, 15) is 14.9 Å². The zero-order chi connectivity index (χ0) is 14.5. The predicted molar refractivity (Wildman–Crippen MR) is 76.0 cm³/mol.